The highest BCUT2D eigenvalue weighted by Gasteiger charge is 2.23. The number of guanidine groups is 1. The molecule has 0 saturated carbocycles. The van der Waals surface area contributed by atoms with Crippen molar-refractivity contribution in [2.75, 3.05) is 52.6 Å². The lowest BCUT2D eigenvalue weighted by Gasteiger charge is -2.29. The minimum Gasteiger partial charge on any atom is -0.497 e. The first-order valence-electron chi connectivity index (χ1n) is 9.79. The van der Waals surface area contributed by atoms with Crippen molar-refractivity contribution in [1.29, 1.82) is 0 Å². The number of sulfonamides is 1. The van der Waals surface area contributed by atoms with Crippen LogP contribution in [0.5, 0.6) is 5.75 Å². The monoisotopic (exact) mass is 411 g/mol. The summed E-state index contributed by atoms with van der Waals surface area (Å²) in [5.41, 5.74) is 1.24. The van der Waals surface area contributed by atoms with Crippen LogP contribution < -0.4 is 20.1 Å². The van der Waals surface area contributed by atoms with Crippen LogP contribution in [0.3, 0.4) is 0 Å². The molecular formula is C19H33N5O3S. The van der Waals surface area contributed by atoms with E-state index in [0.717, 1.165) is 18.8 Å². The normalized spacial score (nSPS) is 16.8. The molecule has 0 spiro atoms. The largest absolute Gasteiger partial charge is 0.497 e. The molecule has 28 heavy (non-hydrogen) atoms. The Morgan fingerprint density at radius 1 is 1.18 bits per heavy atom. The van der Waals surface area contributed by atoms with E-state index >= 15 is 0 Å². The molecule has 1 aliphatic rings. The number of aliphatic imine (C=N–C) groups is 1. The van der Waals surface area contributed by atoms with E-state index in [1.165, 1.54) is 18.4 Å². The zero-order valence-electron chi connectivity index (χ0n) is 17.1. The van der Waals surface area contributed by atoms with E-state index in [1.54, 1.807) is 21.1 Å². The van der Waals surface area contributed by atoms with Crippen molar-refractivity contribution >= 4 is 16.0 Å². The molecule has 1 aromatic carbocycles. The van der Waals surface area contributed by atoms with Crippen LogP contribution in [0.25, 0.3) is 0 Å². The van der Waals surface area contributed by atoms with E-state index < -0.39 is 10.0 Å². The first-order chi connectivity index (χ1) is 13.5. The molecule has 9 heteroatoms. The quantitative estimate of drug-likeness (QED) is 0.301. The molecule has 3 N–H and O–H groups in total. The van der Waals surface area contributed by atoms with Crippen molar-refractivity contribution in [3.63, 3.8) is 0 Å². The number of nitrogens with zero attached hydrogens (tertiary/aromatic N) is 2. The summed E-state index contributed by atoms with van der Waals surface area (Å²) < 4.78 is 30.8. The molecule has 1 fully saturated rings. The Bertz CT molecular complexity index is 716. The zero-order valence-corrected chi connectivity index (χ0v) is 17.9. The lowest BCUT2D eigenvalue weighted by Crippen LogP contribution is -2.44. The van der Waals surface area contributed by atoms with Gasteiger partial charge in [-0.1, -0.05) is 12.1 Å². The number of ether oxygens (including phenoxy) is 1. The van der Waals surface area contributed by atoms with Gasteiger partial charge in [0.2, 0.25) is 10.0 Å². The van der Waals surface area contributed by atoms with Gasteiger partial charge in [0, 0.05) is 26.7 Å². The highest BCUT2D eigenvalue weighted by molar-refractivity contribution is 7.89. The third-order valence-electron chi connectivity index (χ3n) is 4.89. The first-order valence-corrected chi connectivity index (χ1v) is 11.4. The van der Waals surface area contributed by atoms with E-state index in [2.05, 4.69) is 37.4 Å². The molecule has 8 nitrogen and oxygen atoms in total. The van der Waals surface area contributed by atoms with Gasteiger partial charge in [-0.3, -0.25) is 9.89 Å². The highest BCUT2D eigenvalue weighted by Crippen LogP contribution is 2.26. The fraction of sp³-hybridized carbons (Fsp3) is 0.632. The van der Waals surface area contributed by atoms with Crippen LogP contribution in [0, 0.1) is 0 Å². The van der Waals surface area contributed by atoms with Gasteiger partial charge < -0.3 is 15.4 Å². The summed E-state index contributed by atoms with van der Waals surface area (Å²) >= 11 is 0. The van der Waals surface area contributed by atoms with Gasteiger partial charge in [-0.15, -0.1) is 0 Å². The van der Waals surface area contributed by atoms with Gasteiger partial charge in [-0.2, -0.15) is 0 Å². The molecule has 1 heterocycles. The predicted octanol–water partition coefficient (Wildman–Crippen LogP) is 0.936. The molecule has 0 aliphatic carbocycles. The van der Waals surface area contributed by atoms with Crippen LogP contribution in [0.4, 0.5) is 0 Å². The van der Waals surface area contributed by atoms with Crippen molar-refractivity contribution in [2.45, 2.75) is 25.8 Å². The highest BCUT2D eigenvalue weighted by atomic mass is 32.2. The van der Waals surface area contributed by atoms with Gasteiger partial charge >= 0.3 is 0 Å². The topological polar surface area (TPSA) is 95.1 Å². The summed E-state index contributed by atoms with van der Waals surface area (Å²) in [6.07, 6.45) is 2.44. The van der Waals surface area contributed by atoms with Gasteiger partial charge in [-0.25, -0.2) is 13.1 Å². The molecular weight excluding hydrogens is 378 g/mol. The average Bonchev–Trinajstić information content (AvgIpc) is 3.24. The molecule has 0 bridgehead atoms. The van der Waals surface area contributed by atoms with Gasteiger partial charge in [-0.05, 0) is 50.6 Å². The number of benzene rings is 1. The van der Waals surface area contributed by atoms with Gasteiger partial charge in [0.1, 0.15) is 5.75 Å². The Morgan fingerprint density at radius 2 is 1.86 bits per heavy atom. The molecule has 1 aromatic rings. The smallest absolute Gasteiger partial charge is 0.211 e. The van der Waals surface area contributed by atoms with Gasteiger partial charge in [0.25, 0.3) is 0 Å². The molecule has 0 aromatic heterocycles. The summed E-state index contributed by atoms with van der Waals surface area (Å²) in [6.45, 7) is 5.30. The molecule has 0 amide bonds. The zero-order chi connectivity index (χ0) is 20.4. The third-order valence-corrected chi connectivity index (χ3v) is 6.29. The van der Waals surface area contributed by atoms with Crippen LogP contribution >= 0.6 is 0 Å². The van der Waals surface area contributed by atoms with Crippen molar-refractivity contribution in [3.8, 4) is 5.75 Å². The summed E-state index contributed by atoms with van der Waals surface area (Å²) in [5, 5.41) is 6.53. The summed E-state index contributed by atoms with van der Waals surface area (Å²) in [6, 6.07) is 8.44. The Hall–Kier alpha value is -1.84. The molecule has 0 radical (unpaired) electrons. The maximum atomic E-state index is 11.5. The second-order valence-electron chi connectivity index (χ2n) is 6.71. The predicted molar refractivity (Wildman–Crippen MR) is 113 cm³/mol. The number of methoxy groups -OCH3 is 1. The molecule has 1 aliphatic heterocycles. The summed E-state index contributed by atoms with van der Waals surface area (Å²) in [4.78, 5) is 6.72. The second kappa shape index (κ2) is 11.2. The fourth-order valence-corrected chi connectivity index (χ4v) is 3.86. The minimum absolute atomic E-state index is 0.0827. The Morgan fingerprint density at radius 3 is 2.43 bits per heavy atom. The SMILES string of the molecule is CCS(=O)(=O)NCCNC(=NC)NCC(c1ccc(OC)cc1)N1CCCC1. The van der Waals surface area contributed by atoms with Crippen LogP contribution in [0.15, 0.2) is 29.3 Å². The first kappa shape index (κ1) is 22.4. The number of likely N-dealkylation sites (tertiary alicyclic amines) is 1. The maximum absolute atomic E-state index is 11.5. The Balaban J connectivity index is 1.91. The van der Waals surface area contributed by atoms with Crippen LogP contribution in [0.1, 0.15) is 31.4 Å². The molecule has 1 atom stereocenters. The van der Waals surface area contributed by atoms with Crippen molar-refractivity contribution in [1.82, 2.24) is 20.3 Å². The Kier molecular flexibility index (Phi) is 9.01. The van der Waals surface area contributed by atoms with E-state index in [-0.39, 0.29) is 11.8 Å². The number of hydrogen-bond acceptors (Lipinski definition) is 5. The second-order valence-corrected chi connectivity index (χ2v) is 8.81. The lowest BCUT2D eigenvalue weighted by molar-refractivity contribution is 0.245. The van der Waals surface area contributed by atoms with Crippen LogP contribution in [-0.4, -0.2) is 71.9 Å². The fourth-order valence-electron chi connectivity index (χ4n) is 3.24. The van der Waals surface area contributed by atoms with Gasteiger partial charge in [0.15, 0.2) is 5.96 Å². The van der Waals surface area contributed by atoms with Gasteiger partial charge in [0.05, 0.1) is 18.9 Å². The number of hydrogen-bond donors (Lipinski definition) is 3. The molecule has 1 unspecified atom stereocenters. The number of nitrogens with one attached hydrogen (secondary N) is 3. The molecule has 158 valence electrons. The van der Waals surface area contributed by atoms with Crippen LogP contribution in [-0.2, 0) is 10.0 Å². The Labute approximate surface area is 168 Å². The van der Waals surface area contributed by atoms with E-state index in [9.17, 15) is 8.42 Å². The van der Waals surface area contributed by atoms with Crippen LogP contribution in [0.2, 0.25) is 0 Å². The number of rotatable bonds is 10. The maximum Gasteiger partial charge on any atom is 0.211 e. The standard InChI is InChI=1S/C19H33N5O3S/c1-4-28(25,26)23-12-11-21-19(20-2)22-15-18(24-13-5-6-14-24)16-7-9-17(27-3)10-8-16/h7-10,18,23H,4-6,11-15H2,1-3H3,(H2,20,21,22). The summed E-state index contributed by atoms with van der Waals surface area (Å²) in [5.74, 6) is 1.59. The molecule has 1 saturated heterocycles. The average molecular weight is 412 g/mol. The molecule has 2 rings (SSSR count). The lowest BCUT2D eigenvalue weighted by atomic mass is 10.1. The minimum atomic E-state index is -3.17. The van der Waals surface area contributed by atoms with Crippen molar-refractivity contribution in [2.24, 2.45) is 4.99 Å². The van der Waals surface area contributed by atoms with E-state index in [4.69, 9.17) is 4.74 Å². The van der Waals surface area contributed by atoms with E-state index in [1.807, 2.05) is 12.1 Å². The van der Waals surface area contributed by atoms with E-state index in [0.29, 0.717) is 25.6 Å². The summed E-state index contributed by atoms with van der Waals surface area (Å²) in [7, 11) is 0.214. The van der Waals surface area contributed by atoms with Crippen molar-refractivity contribution in [3.05, 3.63) is 29.8 Å². The third kappa shape index (κ3) is 6.96. The van der Waals surface area contributed by atoms with Crippen molar-refractivity contribution < 1.29 is 13.2 Å².